The Balaban J connectivity index is 2.57. The van der Waals surface area contributed by atoms with E-state index in [1.54, 1.807) is 6.92 Å². The number of amides is 1. The van der Waals surface area contributed by atoms with Crippen LogP contribution >= 0.6 is 0 Å². The summed E-state index contributed by atoms with van der Waals surface area (Å²) in [5, 5.41) is 11.1. The van der Waals surface area contributed by atoms with E-state index < -0.39 is 33.7 Å². The largest absolute Gasteiger partial charge is 0.480 e. The summed E-state index contributed by atoms with van der Waals surface area (Å²) in [6.45, 7) is 1.64. The van der Waals surface area contributed by atoms with Gasteiger partial charge in [-0.25, -0.2) is 13.2 Å². The molecule has 0 aromatic rings. The molecule has 7 heteroatoms. The molecule has 1 fully saturated rings. The Morgan fingerprint density at radius 2 is 2.12 bits per heavy atom. The zero-order valence-electron chi connectivity index (χ0n) is 8.97. The number of sulfone groups is 1. The Morgan fingerprint density at radius 1 is 1.50 bits per heavy atom. The monoisotopic (exact) mass is 249 g/mol. The highest BCUT2D eigenvalue weighted by Crippen LogP contribution is 2.18. The SMILES string of the molecule is CC[C@H](NC(=O)C1CCS(=O)(=O)C1)C(=O)O. The molecule has 1 aliphatic heterocycles. The lowest BCUT2D eigenvalue weighted by Crippen LogP contribution is -2.43. The van der Waals surface area contributed by atoms with Gasteiger partial charge in [-0.3, -0.25) is 4.79 Å². The summed E-state index contributed by atoms with van der Waals surface area (Å²) in [5.74, 6) is -2.34. The highest BCUT2D eigenvalue weighted by Gasteiger charge is 2.34. The van der Waals surface area contributed by atoms with Gasteiger partial charge >= 0.3 is 5.97 Å². The van der Waals surface area contributed by atoms with Crippen LogP contribution < -0.4 is 5.32 Å². The van der Waals surface area contributed by atoms with Crippen molar-refractivity contribution in [1.82, 2.24) is 5.32 Å². The lowest BCUT2D eigenvalue weighted by atomic mass is 10.1. The first kappa shape index (κ1) is 13.0. The van der Waals surface area contributed by atoms with Crippen molar-refractivity contribution >= 4 is 21.7 Å². The van der Waals surface area contributed by atoms with Gasteiger partial charge in [0.15, 0.2) is 9.84 Å². The van der Waals surface area contributed by atoms with Crippen LogP contribution in [0.3, 0.4) is 0 Å². The third kappa shape index (κ3) is 3.19. The van der Waals surface area contributed by atoms with Gasteiger partial charge < -0.3 is 10.4 Å². The van der Waals surface area contributed by atoms with Crippen LogP contribution in [0.2, 0.25) is 0 Å². The van der Waals surface area contributed by atoms with Crippen molar-refractivity contribution in [2.45, 2.75) is 25.8 Å². The molecule has 1 heterocycles. The quantitative estimate of drug-likeness (QED) is 0.693. The molecule has 1 amide bonds. The molecule has 0 aromatic heterocycles. The first-order chi connectivity index (χ1) is 7.35. The maximum Gasteiger partial charge on any atom is 0.326 e. The number of carboxylic acid groups (broad SMARTS) is 1. The Labute approximate surface area is 93.9 Å². The molecule has 0 radical (unpaired) electrons. The van der Waals surface area contributed by atoms with Gasteiger partial charge in [-0.2, -0.15) is 0 Å². The van der Waals surface area contributed by atoms with E-state index in [9.17, 15) is 18.0 Å². The number of carbonyl (C=O) groups excluding carboxylic acids is 1. The Bertz CT molecular complexity index is 389. The maximum absolute atomic E-state index is 11.6. The van der Waals surface area contributed by atoms with Gasteiger partial charge in [0.25, 0.3) is 0 Å². The summed E-state index contributed by atoms with van der Waals surface area (Å²) in [5.41, 5.74) is 0. The summed E-state index contributed by atoms with van der Waals surface area (Å²) < 4.78 is 22.3. The van der Waals surface area contributed by atoms with E-state index in [2.05, 4.69) is 5.32 Å². The predicted molar refractivity (Wildman–Crippen MR) is 56.6 cm³/mol. The fraction of sp³-hybridized carbons (Fsp3) is 0.778. The number of aliphatic carboxylic acids is 1. The summed E-state index contributed by atoms with van der Waals surface area (Å²) in [4.78, 5) is 22.2. The zero-order valence-corrected chi connectivity index (χ0v) is 9.79. The molecule has 0 saturated carbocycles. The molecule has 0 spiro atoms. The average molecular weight is 249 g/mol. The van der Waals surface area contributed by atoms with Crippen LogP contribution in [0.25, 0.3) is 0 Å². The van der Waals surface area contributed by atoms with Crippen LogP contribution in [0.4, 0.5) is 0 Å². The van der Waals surface area contributed by atoms with Crippen molar-refractivity contribution in [2.24, 2.45) is 5.92 Å². The minimum Gasteiger partial charge on any atom is -0.480 e. The van der Waals surface area contributed by atoms with Crippen molar-refractivity contribution in [3.63, 3.8) is 0 Å². The van der Waals surface area contributed by atoms with Gasteiger partial charge in [-0.05, 0) is 12.8 Å². The van der Waals surface area contributed by atoms with E-state index in [1.165, 1.54) is 0 Å². The summed E-state index contributed by atoms with van der Waals surface area (Å²) in [6.07, 6.45) is 0.560. The topological polar surface area (TPSA) is 101 Å². The molecule has 1 unspecified atom stereocenters. The second kappa shape index (κ2) is 4.82. The van der Waals surface area contributed by atoms with Gasteiger partial charge in [-0.1, -0.05) is 6.92 Å². The molecule has 92 valence electrons. The molecule has 2 atom stereocenters. The number of carboxylic acids is 1. The van der Waals surface area contributed by atoms with Crippen molar-refractivity contribution in [3.05, 3.63) is 0 Å². The predicted octanol–water partition coefficient (Wildman–Crippen LogP) is -0.599. The van der Waals surface area contributed by atoms with Gasteiger partial charge in [-0.15, -0.1) is 0 Å². The molecule has 1 aliphatic rings. The minimum atomic E-state index is -3.11. The Morgan fingerprint density at radius 3 is 2.50 bits per heavy atom. The van der Waals surface area contributed by atoms with Crippen molar-refractivity contribution < 1.29 is 23.1 Å². The molecule has 0 aliphatic carbocycles. The van der Waals surface area contributed by atoms with Crippen LogP contribution in [-0.2, 0) is 19.4 Å². The zero-order chi connectivity index (χ0) is 12.3. The van der Waals surface area contributed by atoms with E-state index in [-0.39, 0.29) is 24.3 Å². The van der Waals surface area contributed by atoms with Crippen molar-refractivity contribution in [3.8, 4) is 0 Å². The second-order valence-electron chi connectivity index (χ2n) is 3.91. The first-order valence-electron chi connectivity index (χ1n) is 5.09. The van der Waals surface area contributed by atoms with E-state index in [1.807, 2.05) is 0 Å². The molecular formula is C9H15NO5S. The normalized spacial score (nSPS) is 24.9. The van der Waals surface area contributed by atoms with Gasteiger partial charge in [0.1, 0.15) is 6.04 Å². The van der Waals surface area contributed by atoms with Crippen LogP contribution in [0.15, 0.2) is 0 Å². The second-order valence-corrected chi connectivity index (χ2v) is 6.14. The molecule has 2 N–H and O–H groups in total. The number of hydrogen-bond acceptors (Lipinski definition) is 4. The number of nitrogens with one attached hydrogen (secondary N) is 1. The van der Waals surface area contributed by atoms with Crippen molar-refractivity contribution in [2.75, 3.05) is 11.5 Å². The van der Waals surface area contributed by atoms with Crippen LogP contribution in [0, 0.1) is 5.92 Å². The maximum atomic E-state index is 11.6. The molecule has 1 saturated heterocycles. The fourth-order valence-electron chi connectivity index (χ4n) is 1.63. The molecular weight excluding hydrogens is 234 g/mol. The summed E-state index contributed by atoms with van der Waals surface area (Å²) >= 11 is 0. The van der Waals surface area contributed by atoms with E-state index in [4.69, 9.17) is 5.11 Å². The van der Waals surface area contributed by atoms with E-state index in [0.29, 0.717) is 0 Å². The summed E-state index contributed by atoms with van der Waals surface area (Å²) in [6, 6.07) is -0.934. The van der Waals surface area contributed by atoms with E-state index >= 15 is 0 Å². The highest BCUT2D eigenvalue weighted by atomic mass is 32.2. The number of rotatable bonds is 4. The van der Waals surface area contributed by atoms with Crippen LogP contribution in [0.1, 0.15) is 19.8 Å². The third-order valence-corrected chi connectivity index (χ3v) is 4.39. The Kier molecular flexibility index (Phi) is 3.90. The molecule has 16 heavy (non-hydrogen) atoms. The lowest BCUT2D eigenvalue weighted by molar-refractivity contribution is -0.142. The molecule has 0 aromatic carbocycles. The fourth-order valence-corrected chi connectivity index (χ4v) is 3.37. The van der Waals surface area contributed by atoms with E-state index in [0.717, 1.165) is 0 Å². The van der Waals surface area contributed by atoms with Gasteiger partial charge in [0.2, 0.25) is 5.91 Å². The first-order valence-corrected chi connectivity index (χ1v) is 6.91. The average Bonchev–Trinajstić information content (AvgIpc) is 2.54. The number of carbonyl (C=O) groups is 2. The standard InChI is InChI=1S/C9H15NO5S/c1-2-7(9(12)13)10-8(11)6-3-4-16(14,15)5-6/h6-7H,2-5H2,1H3,(H,10,11)(H,12,13)/t6?,7-/m0/s1. The molecule has 6 nitrogen and oxygen atoms in total. The lowest BCUT2D eigenvalue weighted by Gasteiger charge is -2.14. The molecule has 1 rings (SSSR count). The van der Waals surface area contributed by atoms with Crippen LogP contribution in [-0.4, -0.2) is 42.9 Å². The Hall–Kier alpha value is -1.11. The third-order valence-electron chi connectivity index (χ3n) is 2.63. The number of hydrogen-bond donors (Lipinski definition) is 2. The smallest absolute Gasteiger partial charge is 0.326 e. The van der Waals surface area contributed by atoms with Gasteiger partial charge in [0.05, 0.1) is 17.4 Å². The highest BCUT2D eigenvalue weighted by molar-refractivity contribution is 7.91. The minimum absolute atomic E-state index is 0.00888. The molecule has 0 bridgehead atoms. The van der Waals surface area contributed by atoms with Crippen LogP contribution in [0.5, 0.6) is 0 Å². The van der Waals surface area contributed by atoms with Gasteiger partial charge in [0, 0.05) is 0 Å². The van der Waals surface area contributed by atoms with Crippen molar-refractivity contribution in [1.29, 1.82) is 0 Å². The summed E-state index contributed by atoms with van der Waals surface area (Å²) in [7, 11) is -3.11.